The Kier molecular flexibility index (Phi) is 9.44. The summed E-state index contributed by atoms with van der Waals surface area (Å²) in [5.41, 5.74) is 11.3. The number of unbranched alkanes of at least 4 members (excludes halogenated alkanes) is 1. The first-order valence-corrected chi connectivity index (χ1v) is 15.4. The predicted molar refractivity (Wildman–Crippen MR) is 156 cm³/mol. The monoisotopic (exact) mass is 564 g/mol. The van der Waals surface area contributed by atoms with Crippen molar-refractivity contribution >= 4 is 11.9 Å². The summed E-state index contributed by atoms with van der Waals surface area (Å²) in [6.07, 6.45) is 7.51. The lowest BCUT2D eigenvalue weighted by molar-refractivity contribution is -0.956. The van der Waals surface area contributed by atoms with Gasteiger partial charge in [-0.1, -0.05) is 67.1 Å². The summed E-state index contributed by atoms with van der Waals surface area (Å²) >= 11 is 0. The van der Waals surface area contributed by atoms with Crippen LogP contribution in [0.25, 0.3) is 0 Å². The summed E-state index contributed by atoms with van der Waals surface area (Å²) in [7, 11) is 0. The molecule has 3 saturated heterocycles. The molecule has 0 radical (unpaired) electrons. The number of esters is 2. The Morgan fingerprint density at radius 3 is 2.02 bits per heavy atom. The van der Waals surface area contributed by atoms with Crippen LogP contribution >= 0.6 is 0 Å². The highest BCUT2D eigenvalue weighted by molar-refractivity contribution is 5.86. The van der Waals surface area contributed by atoms with Crippen LogP contribution < -0.4 is 11.5 Å². The van der Waals surface area contributed by atoms with E-state index < -0.39 is 29.9 Å². The molecule has 2 aromatic carbocycles. The zero-order valence-electron chi connectivity index (χ0n) is 24.3. The Hall–Kier alpha value is -2.78. The molecular formula is C33H46N3O5+. The number of hydrogen-bond donors (Lipinski definition) is 2. The van der Waals surface area contributed by atoms with E-state index in [-0.39, 0.29) is 6.10 Å². The van der Waals surface area contributed by atoms with Crippen molar-refractivity contribution in [3.8, 4) is 0 Å². The van der Waals surface area contributed by atoms with Crippen molar-refractivity contribution in [1.29, 1.82) is 0 Å². The molecule has 3 unspecified atom stereocenters. The molecule has 8 heteroatoms. The van der Waals surface area contributed by atoms with Gasteiger partial charge in [0.15, 0.2) is 0 Å². The molecule has 0 aliphatic carbocycles. The molecule has 2 aromatic rings. The normalized spacial score (nSPS) is 24.6. The third-order valence-corrected chi connectivity index (χ3v) is 9.57. The van der Waals surface area contributed by atoms with Gasteiger partial charge in [0.2, 0.25) is 11.9 Å². The Labute approximate surface area is 243 Å². The fourth-order valence-electron chi connectivity index (χ4n) is 7.62. The van der Waals surface area contributed by atoms with Crippen LogP contribution in [0.1, 0.15) is 75.8 Å². The van der Waals surface area contributed by atoms with Gasteiger partial charge in [0, 0.05) is 38.5 Å². The Morgan fingerprint density at radius 2 is 1.49 bits per heavy atom. The third kappa shape index (κ3) is 6.07. The Morgan fingerprint density at radius 1 is 0.927 bits per heavy atom. The highest BCUT2D eigenvalue weighted by atomic mass is 16.7. The number of hydrogen-bond acceptors (Lipinski definition) is 7. The van der Waals surface area contributed by atoms with Gasteiger partial charge in [0.25, 0.3) is 0 Å². The predicted octanol–water partition coefficient (Wildman–Crippen LogP) is 4.14. The minimum atomic E-state index is -1.62. The maximum atomic E-state index is 14.5. The lowest BCUT2D eigenvalue weighted by Gasteiger charge is -2.47. The van der Waals surface area contributed by atoms with E-state index in [1.54, 1.807) is 6.92 Å². The van der Waals surface area contributed by atoms with Gasteiger partial charge in [-0.15, -0.1) is 0 Å². The second-order valence-corrected chi connectivity index (χ2v) is 12.1. The molecule has 3 aliphatic rings. The molecule has 222 valence electrons. The van der Waals surface area contributed by atoms with Gasteiger partial charge in [-0.05, 0) is 37.4 Å². The van der Waals surface area contributed by atoms with Crippen LogP contribution in [0.5, 0.6) is 0 Å². The van der Waals surface area contributed by atoms with E-state index >= 15 is 0 Å². The number of nitrogens with two attached hydrogens (primary N) is 2. The molecule has 4 N–H and O–H groups in total. The van der Waals surface area contributed by atoms with Crippen molar-refractivity contribution in [1.82, 2.24) is 0 Å². The maximum Gasteiger partial charge on any atom is 0.348 e. The van der Waals surface area contributed by atoms with Crippen LogP contribution in [0.2, 0.25) is 0 Å². The summed E-state index contributed by atoms with van der Waals surface area (Å²) < 4.78 is 19.8. The quantitative estimate of drug-likeness (QED) is 0.172. The molecule has 5 rings (SSSR count). The molecule has 8 nitrogen and oxygen atoms in total. The van der Waals surface area contributed by atoms with Crippen LogP contribution in [0.3, 0.4) is 0 Å². The van der Waals surface area contributed by atoms with Crippen molar-refractivity contribution in [2.75, 3.05) is 19.6 Å². The number of quaternary nitrogens is 1. The highest BCUT2D eigenvalue weighted by Crippen LogP contribution is 2.47. The molecule has 4 atom stereocenters. The van der Waals surface area contributed by atoms with Gasteiger partial charge in [-0.2, -0.15) is 0 Å². The standard InChI is InChI=1S/C33H46N3O5/c1-24(39-31(37)30(35)16-8-9-19-34)41-33(25-12-4-2-5-13-25,26-14-6-3-7-15-26)32(38)40-29-22-27-17-18-28(23-29)36(27)20-10-11-21-36/h2-7,12-15,24,27-30H,8-11,16-23,34-35H2,1H3/q+1/t24?,27?,28?,29?,30-/m0/s1. The number of ether oxygens (including phenoxy) is 3. The molecule has 1 spiro atoms. The van der Waals surface area contributed by atoms with E-state index in [0.717, 1.165) is 25.7 Å². The Balaban J connectivity index is 1.40. The molecule has 0 aromatic heterocycles. The van der Waals surface area contributed by atoms with E-state index in [9.17, 15) is 9.59 Å². The molecular weight excluding hydrogens is 518 g/mol. The Bertz CT molecular complexity index is 1100. The van der Waals surface area contributed by atoms with E-state index in [0.29, 0.717) is 36.2 Å². The van der Waals surface area contributed by atoms with Crippen LogP contribution in [0.4, 0.5) is 0 Å². The molecule has 2 bridgehead atoms. The van der Waals surface area contributed by atoms with Crippen LogP contribution in [0.15, 0.2) is 60.7 Å². The number of piperidine rings is 1. The molecule has 3 heterocycles. The highest BCUT2D eigenvalue weighted by Gasteiger charge is 2.57. The summed E-state index contributed by atoms with van der Waals surface area (Å²) in [4.78, 5) is 27.3. The fourth-order valence-corrected chi connectivity index (χ4v) is 7.62. The SMILES string of the molecule is CC(OC(=O)[C@@H](N)CCCCN)OC(C(=O)OC1CC2CCC(C1)[N+]21CCCC1)(c1ccccc1)c1ccccc1. The first kappa shape index (κ1) is 29.7. The smallest absolute Gasteiger partial charge is 0.348 e. The number of carbonyl (C=O) groups excluding carboxylic acids is 2. The summed E-state index contributed by atoms with van der Waals surface area (Å²) in [6.45, 7) is 4.69. The average molecular weight is 565 g/mol. The van der Waals surface area contributed by atoms with Crippen molar-refractivity contribution in [2.45, 2.75) is 101 Å². The van der Waals surface area contributed by atoms with Crippen LogP contribution in [0, 0.1) is 0 Å². The fraction of sp³-hybridized carbons (Fsp3) is 0.576. The number of benzene rings is 2. The van der Waals surface area contributed by atoms with Gasteiger partial charge < -0.3 is 30.2 Å². The van der Waals surface area contributed by atoms with Crippen molar-refractivity contribution < 1.29 is 28.3 Å². The van der Waals surface area contributed by atoms with Gasteiger partial charge in [-0.25, -0.2) is 4.79 Å². The molecule has 0 saturated carbocycles. The van der Waals surface area contributed by atoms with E-state index in [4.69, 9.17) is 25.7 Å². The average Bonchev–Trinajstić information content (AvgIpc) is 3.53. The largest absolute Gasteiger partial charge is 0.459 e. The first-order chi connectivity index (χ1) is 19.9. The second kappa shape index (κ2) is 13.0. The molecule has 41 heavy (non-hydrogen) atoms. The van der Waals surface area contributed by atoms with Gasteiger partial charge in [0.05, 0.1) is 25.2 Å². The lowest BCUT2D eigenvalue weighted by atomic mass is 9.85. The summed E-state index contributed by atoms with van der Waals surface area (Å²) in [5.74, 6) is -1.05. The molecule has 3 aliphatic heterocycles. The number of carbonyl (C=O) groups is 2. The van der Waals surface area contributed by atoms with Crippen LogP contribution in [-0.4, -0.2) is 66.6 Å². The maximum absolute atomic E-state index is 14.5. The minimum Gasteiger partial charge on any atom is -0.459 e. The van der Waals surface area contributed by atoms with Gasteiger partial charge >= 0.3 is 11.9 Å². The van der Waals surface area contributed by atoms with E-state index in [1.807, 2.05) is 60.7 Å². The third-order valence-electron chi connectivity index (χ3n) is 9.57. The zero-order chi connectivity index (χ0) is 28.9. The first-order valence-electron chi connectivity index (χ1n) is 15.4. The van der Waals surface area contributed by atoms with Crippen molar-refractivity contribution in [3.63, 3.8) is 0 Å². The minimum absolute atomic E-state index is 0.173. The van der Waals surface area contributed by atoms with Crippen molar-refractivity contribution in [2.24, 2.45) is 11.5 Å². The zero-order valence-corrected chi connectivity index (χ0v) is 24.3. The summed E-state index contributed by atoms with van der Waals surface area (Å²) in [5, 5.41) is 0. The van der Waals surface area contributed by atoms with Crippen molar-refractivity contribution in [3.05, 3.63) is 71.8 Å². The van der Waals surface area contributed by atoms with Crippen LogP contribution in [-0.2, 0) is 29.4 Å². The lowest BCUT2D eigenvalue weighted by Crippen LogP contribution is -2.60. The number of nitrogens with zero attached hydrogens (tertiary/aromatic N) is 1. The van der Waals surface area contributed by atoms with E-state index in [2.05, 4.69) is 0 Å². The van der Waals surface area contributed by atoms with Gasteiger partial charge in [-0.3, -0.25) is 4.79 Å². The van der Waals surface area contributed by atoms with E-state index in [1.165, 1.54) is 43.3 Å². The molecule has 3 fully saturated rings. The summed E-state index contributed by atoms with van der Waals surface area (Å²) in [6, 6.07) is 19.0. The second-order valence-electron chi connectivity index (χ2n) is 12.1. The molecule has 0 amide bonds. The van der Waals surface area contributed by atoms with Gasteiger partial charge in [0.1, 0.15) is 12.1 Å². The number of rotatable bonds is 12. The topological polar surface area (TPSA) is 114 Å².